The molecule has 2 rings (SSSR count). The molecule has 92 valence electrons. The van der Waals surface area contributed by atoms with E-state index >= 15 is 0 Å². The van der Waals surface area contributed by atoms with E-state index in [-0.39, 0.29) is 11.9 Å². The molecule has 0 bridgehead atoms. The number of amides is 1. The molecule has 1 heterocycles. The minimum Gasteiger partial charge on any atom is -0.352 e. The van der Waals surface area contributed by atoms with Crippen molar-refractivity contribution in [3.8, 4) is 0 Å². The van der Waals surface area contributed by atoms with Crippen LogP contribution in [0.5, 0.6) is 0 Å². The predicted molar refractivity (Wildman–Crippen MR) is 66.3 cm³/mol. The number of rotatable bonds is 6. The number of pyridine rings is 1. The first-order valence-electron chi connectivity index (χ1n) is 6.18. The summed E-state index contributed by atoms with van der Waals surface area (Å²) in [6, 6.07) is 4.06. The summed E-state index contributed by atoms with van der Waals surface area (Å²) in [5.74, 6) is 0.717. The third-order valence-electron chi connectivity index (χ3n) is 3.18. The first-order chi connectivity index (χ1) is 8.29. The van der Waals surface area contributed by atoms with E-state index in [1.54, 1.807) is 12.4 Å². The highest BCUT2D eigenvalue weighted by atomic mass is 16.1. The van der Waals surface area contributed by atoms with Crippen molar-refractivity contribution in [2.24, 2.45) is 11.7 Å². The normalized spacial score (nSPS) is 16.5. The molecule has 1 aliphatic rings. The van der Waals surface area contributed by atoms with Crippen LogP contribution in [0.15, 0.2) is 24.5 Å². The van der Waals surface area contributed by atoms with Gasteiger partial charge in [-0.3, -0.25) is 9.78 Å². The van der Waals surface area contributed by atoms with Gasteiger partial charge in [-0.1, -0.05) is 0 Å². The van der Waals surface area contributed by atoms with Gasteiger partial charge in [0.1, 0.15) is 0 Å². The summed E-state index contributed by atoms with van der Waals surface area (Å²) in [6.07, 6.45) is 7.18. The van der Waals surface area contributed by atoms with Gasteiger partial charge >= 0.3 is 0 Å². The Labute approximate surface area is 102 Å². The summed E-state index contributed by atoms with van der Waals surface area (Å²) in [5, 5.41) is 3.02. The number of carbonyl (C=O) groups is 1. The van der Waals surface area contributed by atoms with Crippen molar-refractivity contribution in [2.75, 3.05) is 6.54 Å². The SMILES string of the molecule is NCC(NC(=O)CCc1ccncc1)C1CC1. The molecule has 1 fully saturated rings. The molecule has 1 unspecified atom stereocenters. The molecule has 17 heavy (non-hydrogen) atoms. The molecule has 1 aromatic heterocycles. The standard InChI is InChI=1S/C13H19N3O/c14-9-12(11-2-3-11)16-13(17)4-1-10-5-7-15-8-6-10/h5-8,11-12H,1-4,9,14H2,(H,16,17). The average Bonchev–Trinajstić information content (AvgIpc) is 3.19. The van der Waals surface area contributed by atoms with Crippen molar-refractivity contribution in [1.82, 2.24) is 10.3 Å². The summed E-state index contributed by atoms with van der Waals surface area (Å²) in [6.45, 7) is 0.547. The fourth-order valence-corrected chi connectivity index (χ4v) is 1.95. The van der Waals surface area contributed by atoms with E-state index in [0.29, 0.717) is 18.9 Å². The van der Waals surface area contributed by atoms with Crippen LogP contribution < -0.4 is 11.1 Å². The minimum atomic E-state index is 0.101. The number of nitrogens with two attached hydrogens (primary N) is 1. The maximum atomic E-state index is 11.7. The van der Waals surface area contributed by atoms with E-state index in [2.05, 4.69) is 10.3 Å². The van der Waals surface area contributed by atoms with Crippen molar-refractivity contribution >= 4 is 5.91 Å². The largest absolute Gasteiger partial charge is 0.352 e. The predicted octanol–water partition coefficient (Wildman–Crippen LogP) is 0.868. The molecule has 0 aromatic carbocycles. The van der Waals surface area contributed by atoms with E-state index in [1.165, 1.54) is 12.8 Å². The topological polar surface area (TPSA) is 68.0 Å². The summed E-state index contributed by atoms with van der Waals surface area (Å²) >= 11 is 0. The lowest BCUT2D eigenvalue weighted by Crippen LogP contribution is -2.41. The lowest BCUT2D eigenvalue weighted by molar-refractivity contribution is -0.121. The van der Waals surface area contributed by atoms with Crippen LogP contribution >= 0.6 is 0 Å². The van der Waals surface area contributed by atoms with Gasteiger partial charge in [0.25, 0.3) is 0 Å². The zero-order valence-electron chi connectivity index (χ0n) is 9.93. The summed E-state index contributed by atoms with van der Waals surface area (Å²) < 4.78 is 0. The second kappa shape index (κ2) is 5.77. The van der Waals surface area contributed by atoms with Gasteiger partial charge in [-0.15, -0.1) is 0 Å². The fraction of sp³-hybridized carbons (Fsp3) is 0.538. The molecule has 0 radical (unpaired) electrons. The Morgan fingerprint density at radius 3 is 2.76 bits per heavy atom. The van der Waals surface area contributed by atoms with Gasteiger partial charge in [0.05, 0.1) is 0 Å². The molecular weight excluding hydrogens is 214 g/mol. The number of nitrogens with zero attached hydrogens (tertiary/aromatic N) is 1. The maximum absolute atomic E-state index is 11.7. The number of hydrogen-bond donors (Lipinski definition) is 2. The highest BCUT2D eigenvalue weighted by Gasteiger charge is 2.30. The smallest absolute Gasteiger partial charge is 0.220 e. The third-order valence-corrected chi connectivity index (χ3v) is 3.18. The van der Waals surface area contributed by atoms with Gasteiger partial charge in [0.2, 0.25) is 5.91 Å². The number of aryl methyl sites for hydroxylation is 1. The Morgan fingerprint density at radius 1 is 1.47 bits per heavy atom. The van der Waals surface area contributed by atoms with Crippen LogP contribution in [0.2, 0.25) is 0 Å². The summed E-state index contributed by atoms with van der Waals surface area (Å²) in [5.41, 5.74) is 6.79. The lowest BCUT2D eigenvalue weighted by atomic mass is 10.1. The van der Waals surface area contributed by atoms with E-state index in [4.69, 9.17) is 5.73 Å². The van der Waals surface area contributed by atoms with E-state index in [0.717, 1.165) is 12.0 Å². The second-order valence-electron chi connectivity index (χ2n) is 4.60. The average molecular weight is 233 g/mol. The molecule has 1 aromatic rings. The van der Waals surface area contributed by atoms with Crippen LogP contribution in [-0.2, 0) is 11.2 Å². The quantitative estimate of drug-likeness (QED) is 0.766. The van der Waals surface area contributed by atoms with Gasteiger partial charge in [-0.2, -0.15) is 0 Å². The van der Waals surface area contributed by atoms with E-state index in [9.17, 15) is 4.79 Å². The molecule has 1 aliphatic carbocycles. The molecule has 0 spiro atoms. The van der Waals surface area contributed by atoms with Crippen LogP contribution in [0.3, 0.4) is 0 Å². The molecule has 3 N–H and O–H groups in total. The van der Waals surface area contributed by atoms with Crippen LogP contribution in [0.1, 0.15) is 24.8 Å². The molecule has 1 atom stereocenters. The van der Waals surface area contributed by atoms with Crippen molar-refractivity contribution in [2.45, 2.75) is 31.7 Å². The van der Waals surface area contributed by atoms with Crippen molar-refractivity contribution < 1.29 is 4.79 Å². The Bertz CT molecular complexity index is 362. The Morgan fingerprint density at radius 2 is 2.18 bits per heavy atom. The summed E-state index contributed by atoms with van der Waals surface area (Å²) in [7, 11) is 0. The molecule has 4 nitrogen and oxygen atoms in total. The Kier molecular flexibility index (Phi) is 4.09. The van der Waals surface area contributed by atoms with Crippen LogP contribution in [-0.4, -0.2) is 23.5 Å². The number of aromatic nitrogens is 1. The van der Waals surface area contributed by atoms with Gasteiger partial charge in [0, 0.05) is 31.4 Å². The molecule has 1 saturated carbocycles. The van der Waals surface area contributed by atoms with Crippen molar-refractivity contribution in [1.29, 1.82) is 0 Å². The monoisotopic (exact) mass is 233 g/mol. The van der Waals surface area contributed by atoms with E-state index in [1.807, 2.05) is 12.1 Å². The van der Waals surface area contributed by atoms with Crippen molar-refractivity contribution in [3.05, 3.63) is 30.1 Å². The Balaban J connectivity index is 1.73. The zero-order chi connectivity index (χ0) is 12.1. The van der Waals surface area contributed by atoms with Crippen LogP contribution in [0.4, 0.5) is 0 Å². The number of nitrogens with one attached hydrogen (secondary N) is 1. The highest BCUT2D eigenvalue weighted by Crippen LogP contribution is 2.32. The molecular formula is C13H19N3O. The highest BCUT2D eigenvalue weighted by molar-refractivity contribution is 5.76. The van der Waals surface area contributed by atoms with Gasteiger partial charge in [-0.25, -0.2) is 0 Å². The van der Waals surface area contributed by atoms with E-state index < -0.39 is 0 Å². The van der Waals surface area contributed by atoms with Gasteiger partial charge in [-0.05, 0) is 42.9 Å². The van der Waals surface area contributed by atoms with Crippen LogP contribution in [0.25, 0.3) is 0 Å². The first kappa shape index (κ1) is 12.0. The maximum Gasteiger partial charge on any atom is 0.220 e. The fourth-order valence-electron chi connectivity index (χ4n) is 1.95. The molecule has 1 amide bonds. The van der Waals surface area contributed by atoms with Crippen LogP contribution in [0, 0.1) is 5.92 Å². The number of hydrogen-bond acceptors (Lipinski definition) is 3. The molecule has 0 aliphatic heterocycles. The Hall–Kier alpha value is -1.42. The molecule has 0 saturated heterocycles. The zero-order valence-corrected chi connectivity index (χ0v) is 9.93. The van der Waals surface area contributed by atoms with Gasteiger partial charge < -0.3 is 11.1 Å². The van der Waals surface area contributed by atoms with Crippen molar-refractivity contribution in [3.63, 3.8) is 0 Å². The summed E-state index contributed by atoms with van der Waals surface area (Å²) in [4.78, 5) is 15.7. The van der Waals surface area contributed by atoms with Gasteiger partial charge in [0.15, 0.2) is 0 Å². The molecule has 4 heteroatoms. The second-order valence-corrected chi connectivity index (χ2v) is 4.60. The third kappa shape index (κ3) is 3.82. The lowest BCUT2D eigenvalue weighted by Gasteiger charge is -2.15. The first-order valence-corrected chi connectivity index (χ1v) is 6.18. The minimum absolute atomic E-state index is 0.101. The number of carbonyl (C=O) groups excluding carboxylic acids is 1.